The van der Waals surface area contributed by atoms with Crippen molar-refractivity contribution in [3.05, 3.63) is 6.92 Å². The van der Waals surface area contributed by atoms with Crippen molar-refractivity contribution in [2.45, 2.75) is 11.1 Å². The topological polar surface area (TPSA) is 34.1 Å². The molecule has 0 aromatic heterocycles. The molecule has 43 valence electrons. The van der Waals surface area contributed by atoms with E-state index < -0.39 is 15.4 Å². The molecule has 0 amide bonds. The van der Waals surface area contributed by atoms with Gasteiger partial charge < -0.3 is 0 Å². The van der Waals surface area contributed by atoms with Crippen molar-refractivity contribution in [2.24, 2.45) is 0 Å². The predicted octanol–water partition coefficient (Wildman–Crippen LogP) is 0.387. The predicted molar refractivity (Wildman–Crippen MR) is 29.9 cm³/mol. The van der Waals surface area contributed by atoms with Gasteiger partial charge >= 0.3 is 0 Å². The van der Waals surface area contributed by atoms with Crippen LogP contribution in [0.3, 0.4) is 0 Å². The molecule has 0 saturated carbocycles. The number of hydrogen-bond acceptors (Lipinski definition) is 2. The highest BCUT2D eigenvalue weighted by Crippen LogP contribution is 1.98. The summed E-state index contributed by atoms with van der Waals surface area (Å²) in [4.78, 5) is 0. The summed E-state index contributed by atoms with van der Waals surface area (Å²) >= 11 is 5.14. The molecule has 1 atom stereocenters. The Morgan fingerprint density at radius 2 is 2.14 bits per heavy atom. The van der Waals surface area contributed by atoms with Gasteiger partial charge in [0, 0.05) is 0 Å². The molecule has 0 aliphatic carbocycles. The smallest absolute Gasteiger partial charge is 0.156 e. The Bertz CT molecular complexity index is 102. The minimum Gasteiger partial charge on any atom is -0.230 e. The quantitative estimate of drug-likeness (QED) is 0.446. The average Bonchev–Trinajstić information content (AvgIpc) is 1.65. The van der Waals surface area contributed by atoms with E-state index >= 15 is 0 Å². The van der Waals surface area contributed by atoms with Crippen LogP contribution < -0.4 is 0 Å². The van der Waals surface area contributed by atoms with Crippen molar-refractivity contribution in [3.8, 4) is 0 Å². The number of thiol groups is 1. The Labute approximate surface area is 49.4 Å². The summed E-state index contributed by atoms with van der Waals surface area (Å²) < 4.78 is 18.8. The van der Waals surface area contributed by atoms with Gasteiger partial charge in [-0.25, -0.2) is 8.42 Å². The van der Waals surface area contributed by atoms with Crippen LogP contribution in [-0.4, -0.2) is 13.1 Å². The average molecular weight is 142 g/mol. The van der Waals surface area contributed by atoms with Crippen molar-refractivity contribution in [2.75, 3.05) is 0 Å². The van der Waals surface area contributed by atoms with Crippen LogP contribution in [0.4, 0.5) is 0 Å². The molecule has 2 nitrogen and oxygen atoms in total. The summed E-state index contributed by atoms with van der Waals surface area (Å²) in [5.41, 5.74) is 0. The molecule has 0 N–H and O–H groups in total. The van der Waals surface area contributed by atoms with Crippen molar-refractivity contribution < 1.29 is 8.42 Å². The minimum atomic E-state index is -2.46. The first-order chi connectivity index (χ1) is 3.18. The maximum Gasteiger partial charge on any atom is 0.156 e. The summed E-state index contributed by atoms with van der Waals surface area (Å²) in [6.07, 6.45) is 0.236. The zero-order valence-electron chi connectivity index (χ0n) is 3.63. The lowest BCUT2D eigenvalue weighted by atomic mass is 10.6. The first-order valence-electron chi connectivity index (χ1n) is 1.75. The zero-order valence-corrected chi connectivity index (χ0v) is 5.28. The van der Waals surface area contributed by atoms with Gasteiger partial charge in [0.2, 0.25) is 0 Å². The number of rotatable bonds is 2. The van der Waals surface area contributed by atoms with E-state index in [2.05, 4.69) is 6.92 Å². The van der Waals surface area contributed by atoms with Crippen LogP contribution in [0.5, 0.6) is 0 Å². The highest BCUT2D eigenvalue weighted by atomic mass is 35.5. The van der Waals surface area contributed by atoms with E-state index in [1.54, 1.807) is 0 Å². The fourth-order valence-electron chi connectivity index (χ4n) is 0.105. The highest BCUT2D eigenvalue weighted by Gasteiger charge is 1.99. The van der Waals surface area contributed by atoms with E-state index in [0.29, 0.717) is 0 Å². The Morgan fingerprint density at radius 1 is 1.71 bits per heavy atom. The summed E-state index contributed by atoms with van der Waals surface area (Å²) in [5, 5.41) is 0. The standard InChI is InChI=1S/C3H6ClO2S/c1-2-3(4)7(5)6/h3,7H,1-2H2. The van der Waals surface area contributed by atoms with Crippen LogP contribution in [-0.2, 0) is 10.7 Å². The molecule has 0 heterocycles. The lowest BCUT2D eigenvalue weighted by Crippen LogP contribution is -1.95. The van der Waals surface area contributed by atoms with Gasteiger partial charge in [0.15, 0.2) is 10.7 Å². The highest BCUT2D eigenvalue weighted by molar-refractivity contribution is 7.74. The van der Waals surface area contributed by atoms with Crippen molar-refractivity contribution in [3.63, 3.8) is 0 Å². The molecule has 1 radical (unpaired) electrons. The fraction of sp³-hybridized carbons (Fsp3) is 0.667. The van der Waals surface area contributed by atoms with E-state index in [4.69, 9.17) is 11.6 Å². The van der Waals surface area contributed by atoms with Crippen molar-refractivity contribution in [1.29, 1.82) is 0 Å². The zero-order chi connectivity index (χ0) is 5.86. The molecule has 7 heavy (non-hydrogen) atoms. The van der Waals surface area contributed by atoms with Gasteiger partial charge in [0.05, 0.1) is 0 Å². The second kappa shape index (κ2) is 3.27. The Balaban J connectivity index is 3.57. The molecule has 0 spiro atoms. The molecule has 0 aromatic rings. The van der Waals surface area contributed by atoms with Gasteiger partial charge in [-0.05, 0) is 6.42 Å². The fourth-order valence-corrected chi connectivity index (χ4v) is 0.316. The second-order valence-corrected chi connectivity index (χ2v) is 3.03. The minimum absolute atomic E-state index is 0.236. The first kappa shape index (κ1) is 7.24. The lowest BCUT2D eigenvalue weighted by molar-refractivity contribution is 0.611. The van der Waals surface area contributed by atoms with E-state index in [-0.39, 0.29) is 6.42 Å². The summed E-state index contributed by atoms with van der Waals surface area (Å²) in [6, 6.07) is 0. The Hall–Kier alpha value is 0.240. The van der Waals surface area contributed by atoms with Crippen molar-refractivity contribution >= 4 is 22.3 Å². The normalized spacial score (nSPS) is 14.7. The number of alkyl halides is 1. The van der Waals surface area contributed by atoms with E-state index in [1.165, 1.54) is 0 Å². The second-order valence-electron chi connectivity index (χ2n) is 1.01. The summed E-state index contributed by atoms with van der Waals surface area (Å²) in [6.45, 7) is 3.29. The molecule has 0 aliphatic rings. The Kier molecular flexibility index (Phi) is 3.38. The molecule has 0 fully saturated rings. The van der Waals surface area contributed by atoms with Gasteiger partial charge in [-0.15, -0.1) is 11.6 Å². The van der Waals surface area contributed by atoms with E-state index in [0.717, 1.165) is 0 Å². The Morgan fingerprint density at radius 3 is 2.14 bits per heavy atom. The third kappa shape index (κ3) is 2.88. The van der Waals surface area contributed by atoms with Crippen LogP contribution in [0, 0.1) is 6.92 Å². The van der Waals surface area contributed by atoms with Crippen molar-refractivity contribution in [1.82, 2.24) is 0 Å². The van der Waals surface area contributed by atoms with Crippen LogP contribution >= 0.6 is 11.6 Å². The molecule has 0 rings (SSSR count). The van der Waals surface area contributed by atoms with Gasteiger partial charge in [0.1, 0.15) is 4.71 Å². The third-order valence-corrected chi connectivity index (χ3v) is 1.88. The molecular formula is C3H6ClO2S. The maximum absolute atomic E-state index is 9.80. The van der Waals surface area contributed by atoms with Gasteiger partial charge in [-0.1, -0.05) is 6.92 Å². The molecule has 0 aliphatic heterocycles. The van der Waals surface area contributed by atoms with Crippen LogP contribution in [0.2, 0.25) is 0 Å². The molecular weight excluding hydrogens is 136 g/mol. The monoisotopic (exact) mass is 141 g/mol. The molecule has 0 bridgehead atoms. The number of hydrogen-bond donors (Lipinski definition) is 1. The van der Waals surface area contributed by atoms with Crippen LogP contribution in [0.25, 0.3) is 0 Å². The van der Waals surface area contributed by atoms with Crippen LogP contribution in [0.1, 0.15) is 6.42 Å². The summed E-state index contributed by atoms with van der Waals surface area (Å²) in [5.74, 6) is 0. The third-order valence-electron chi connectivity index (χ3n) is 0.467. The maximum atomic E-state index is 9.80. The van der Waals surface area contributed by atoms with E-state index in [9.17, 15) is 8.42 Å². The van der Waals surface area contributed by atoms with Crippen LogP contribution in [0.15, 0.2) is 0 Å². The van der Waals surface area contributed by atoms with E-state index in [1.807, 2.05) is 0 Å². The number of halogens is 1. The first-order valence-corrected chi connectivity index (χ1v) is 3.43. The molecule has 0 aromatic carbocycles. The molecule has 4 heteroatoms. The molecule has 0 saturated heterocycles. The van der Waals surface area contributed by atoms with Gasteiger partial charge in [-0.3, -0.25) is 0 Å². The SMILES string of the molecule is [CH2]CC(Cl)[SH](=O)=O. The van der Waals surface area contributed by atoms with Gasteiger partial charge in [0.25, 0.3) is 0 Å². The largest absolute Gasteiger partial charge is 0.230 e. The lowest BCUT2D eigenvalue weighted by Gasteiger charge is -1.88. The summed E-state index contributed by atoms with van der Waals surface area (Å²) in [7, 11) is -2.46. The molecule has 1 unspecified atom stereocenters. The van der Waals surface area contributed by atoms with Gasteiger partial charge in [-0.2, -0.15) is 0 Å².